The number of esters is 3. The highest BCUT2D eigenvalue weighted by Gasteiger charge is 2.34. The Labute approximate surface area is 119 Å². The molecular formula is C12H14O7S. The number of methoxy groups -OCH3 is 2. The monoisotopic (exact) mass is 302 g/mol. The van der Waals surface area contributed by atoms with E-state index in [1.165, 1.54) is 6.92 Å². The Morgan fingerprint density at radius 2 is 1.70 bits per heavy atom. The van der Waals surface area contributed by atoms with Crippen molar-refractivity contribution in [1.29, 1.82) is 0 Å². The smallest absolute Gasteiger partial charge is 0.349 e. The molecule has 0 N–H and O–H groups in total. The molecule has 7 nitrogen and oxygen atoms in total. The van der Waals surface area contributed by atoms with Gasteiger partial charge in [0.05, 0.1) is 20.8 Å². The molecule has 0 aromatic rings. The van der Waals surface area contributed by atoms with E-state index in [1.807, 2.05) is 0 Å². The van der Waals surface area contributed by atoms with Crippen molar-refractivity contribution in [3.05, 3.63) is 21.3 Å². The second-order valence-electron chi connectivity index (χ2n) is 3.46. The van der Waals surface area contributed by atoms with Crippen LogP contribution in [0.15, 0.2) is 21.3 Å². The van der Waals surface area contributed by atoms with Gasteiger partial charge in [0.25, 0.3) is 0 Å². The standard InChI is InChI=1S/C12H14O7S/c1-5-18-11(15)8-6(2)19-12(20-8)7(9(13)16-3)10(14)17-4/h5H2,1-4H3. The van der Waals surface area contributed by atoms with Crippen molar-refractivity contribution in [3.8, 4) is 0 Å². The van der Waals surface area contributed by atoms with E-state index >= 15 is 0 Å². The van der Waals surface area contributed by atoms with Crippen LogP contribution < -0.4 is 0 Å². The zero-order valence-electron chi connectivity index (χ0n) is 11.5. The van der Waals surface area contributed by atoms with Crippen molar-refractivity contribution in [2.45, 2.75) is 13.8 Å². The van der Waals surface area contributed by atoms with Crippen LogP contribution in [0.1, 0.15) is 13.8 Å². The van der Waals surface area contributed by atoms with Crippen molar-refractivity contribution < 1.29 is 33.3 Å². The fourth-order valence-corrected chi connectivity index (χ4v) is 2.26. The minimum Gasteiger partial charge on any atom is -0.465 e. The lowest BCUT2D eigenvalue weighted by Crippen LogP contribution is -2.17. The van der Waals surface area contributed by atoms with Crippen LogP contribution in [0.25, 0.3) is 0 Å². The number of carbonyl (C=O) groups excluding carboxylic acids is 3. The third-order valence-electron chi connectivity index (χ3n) is 2.20. The van der Waals surface area contributed by atoms with Gasteiger partial charge in [-0.25, -0.2) is 14.4 Å². The van der Waals surface area contributed by atoms with Crippen molar-refractivity contribution in [2.75, 3.05) is 20.8 Å². The molecule has 0 radical (unpaired) electrons. The Balaban J connectivity index is 3.09. The van der Waals surface area contributed by atoms with Crippen LogP contribution in [-0.4, -0.2) is 38.7 Å². The van der Waals surface area contributed by atoms with E-state index < -0.39 is 23.5 Å². The van der Waals surface area contributed by atoms with Gasteiger partial charge in [-0.05, 0) is 25.6 Å². The van der Waals surface area contributed by atoms with Gasteiger partial charge in [0.15, 0.2) is 10.7 Å². The molecule has 0 aliphatic carbocycles. The summed E-state index contributed by atoms with van der Waals surface area (Å²) < 4.78 is 19.1. The zero-order valence-corrected chi connectivity index (χ0v) is 12.3. The van der Waals surface area contributed by atoms with Crippen LogP contribution in [0.2, 0.25) is 0 Å². The molecule has 1 aliphatic rings. The largest absolute Gasteiger partial charge is 0.465 e. The van der Waals surface area contributed by atoms with E-state index in [0.717, 1.165) is 26.0 Å². The Morgan fingerprint density at radius 1 is 1.15 bits per heavy atom. The molecule has 110 valence electrons. The van der Waals surface area contributed by atoms with Gasteiger partial charge in [-0.1, -0.05) is 0 Å². The molecule has 1 heterocycles. The average Bonchev–Trinajstić information content (AvgIpc) is 2.80. The predicted molar refractivity (Wildman–Crippen MR) is 69.1 cm³/mol. The van der Waals surface area contributed by atoms with Crippen LogP contribution in [0.4, 0.5) is 0 Å². The highest BCUT2D eigenvalue weighted by atomic mass is 32.2. The lowest BCUT2D eigenvalue weighted by Gasteiger charge is -2.06. The summed E-state index contributed by atoms with van der Waals surface area (Å²) in [6.07, 6.45) is 0. The maximum absolute atomic E-state index is 11.7. The quantitative estimate of drug-likeness (QED) is 0.251. The van der Waals surface area contributed by atoms with Crippen LogP contribution in [0.5, 0.6) is 0 Å². The van der Waals surface area contributed by atoms with Crippen LogP contribution in [0, 0.1) is 0 Å². The first kappa shape index (κ1) is 16.1. The fraction of sp³-hybridized carbons (Fsp3) is 0.417. The molecule has 0 fully saturated rings. The first-order valence-corrected chi connectivity index (χ1v) is 6.42. The Kier molecular flexibility index (Phi) is 5.63. The summed E-state index contributed by atoms with van der Waals surface area (Å²) in [6, 6.07) is 0. The Hall–Kier alpha value is -1.96. The average molecular weight is 302 g/mol. The van der Waals surface area contributed by atoms with Crippen molar-refractivity contribution in [2.24, 2.45) is 0 Å². The zero-order chi connectivity index (χ0) is 15.3. The van der Waals surface area contributed by atoms with E-state index in [9.17, 15) is 14.4 Å². The Bertz CT molecular complexity index is 486. The van der Waals surface area contributed by atoms with E-state index in [-0.39, 0.29) is 22.4 Å². The second-order valence-corrected chi connectivity index (χ2v) is 4.44. The normalized spacial score (nSPS) is 13.7. The predicted octanol–water partition coefficient (Wildman–Crippen LogP) is 1.10. The minimum absolute atomic E-state index is 0.0655. The van der Waals surface area contributed by atoms with Gasteiger partial charge in [0.2, 0.25) is 0 Å². The first-order valence-electron chi connectivity index (χ1n) is 5.60. The lowest BCUT2D eigenvalue weighted by atomic mass is 10.3. The summed E-state index contributed by atoms with van der Waals surface area (Å²) in [6.45, 7) is 3.40. The van der Waals surface area contributed by atoms with Gasteiger partial charge < -0.3 is 18.9 Å². The van der Waals surface area contributed by atoms with Crippen molar-refractivity contribution in [3.63, 3.8) is 0 Å². The molecule has 0 spiro atoms. The molecule has 0 amide bonds. The molecular weight excluding hydrogens is 288 g/mol. The van der Waals surface area contributed by atoms with E-state index in [2.05, 4.69) is 9.47 Å². The molecule has 1 aliphatic heterocycles. The maximum atomic E-state index is 11.7. The topological polar surface area (TPSA) is 88.1 Å². The molecule has 0 aromatic heterocycles. The fourth-order valence-electron chi connectivity index (χ4n) is 1.31. The second kappa shape index (κ2) is 6.99. The third-order valence-corrected chi connectivity index (χ3v) is 3.34. The highest BCUT2D eigenvalue weighted by molar-refractivity contribution is 8.07. The maximum Gasteiger partial charge on any atom is 0.349 e. The number of rotatable bonds is 4. The van der Waals surface area contributed by atoms with Gasteiger partial charge in [-0.15, -0.1) is 0 Å². The highest BCUT2D eigenvalue weighted by Crippen LogP contribution is 2.41. The van der Waals surface area contributed by atoms with Crippen LogP contribution in [0.3, 0.4) is 0 Å². The number of allylic oxidation sites excluding steroid dienone is 1. The van der Waals surface area contributed by atoms with E-state index in [4.69, 9.17) is 9.47 Å². The molecule has 0 unspecified atom stereocenters. The SMILES string of the molecule is CCOC(=O)C1=C(C)OC(=C(C(=O)OC)C(=O)OC)S1. The summed E-state index contributed by atoms with van der Waals surface area (Å²) in [4.78, 5) is 35.0. The van der Waals surface area contributed by atoms with Gasteiger partial charge in [-0.2, -0.15) is 0 Å². The van der Waals surface area contributed by atoms with Crippen LogP contribution >= 0.6 is 11.8 Å². The minimum atomic E-state index is -0.905. The summed E-state index contributed by atoms with van der Waals surface area (Å²) in [7, 11) is 2.25. The molecule has 8 heteroatoms. The number of thioether (sulfide) groups is 1. The number of carbonyl (C=O) groups is 3. The summed E-state index contributed by atoms with van der Waals surface area (Å²) in [5.41, 5.74) is -0.404. The number of hydrogen-bond donors (Lipinski definition) is 0. The van der Waals surface area contributed by atoms with Crippen molar-refractivity contribution in [1.82, 2.24) is 0 Å². The van der Waals surface area contributed by atoms with Gasteiger partial charge in [-0.3, -0.25) is 0 Å². The number of hydrogen-bond acceptors (Lipinski definition) is 8. The van der Waals surface area contributed by atoms with Gasteiger partial charge >= 0.3 is 17.9 Å². The molecule has 20 heavy (non-hydrogen) atoms. The van der Waals surface area contributed by atoms with Gasteiger partial charge in [0.1, 0.15) is 10.7 Å². The molecule has 1 rings (SSSR count). The molecule has 0 aromatic carbocycles. The molecule has 0 bridgehead atoms. The lowest BCUT2D eigenvalue weighted by molar-refractivity contribution is -0.144. The first-order chi connectivity index (χ1) is 9.46. The summed E-state index contributed by atoms with van der Waals surface area (Å²) in [5, 5.41) is -0.0655. The molecule has 0 atom stereocenters. The third kappa shape index (κ3) is 3.32. The van der Waals surface area contributed by atoms with E-state index in [1.54, 1.807) is 6.92 Å². The van der Waals surface area contributed by atoms with Crippen molar-refractivity contribution >= 4 is 29.7 Å². The molecule has 0 saturated carbocycles. The van der Waals surface area contributed by atoms with E-state index in [0.29, 0.717) is 0 Å². The molecule has 0 saturated heterocycles. The summed E-state index contributed by atoms with van der Waals surface area (Å²) >= 11 is 0.823. The Morgan fingerprint density at radius 3 is 2.15 bits per heavy atom. The van der Waals surface area contributed by atoms with Crippen LogP contribution in [-0.2, 0) is 33.3 Å². The summed E-state index contributed by atoms with van der Waals surface area (Å²) in [5.74, 6) is -2.15. The van der Waals surface area contributed by atoms with Gasteiger partial charge in [0, 0.05) is 0 Å². The number of ether oxygens (including phenoxy) is 4.